The predicted molar refractivity (Wildman–Crippen MR) is 86.7 cm³/mol. The minimum Gasteiger partial charge on any atom is -0.247 e. The first-order valence-corrected chi connectivity index (χ1v) is 7.51. The number of nitrogens with zero attached hydrogens (tertiary/aromatic N) is 1. The molecule has 1 aliphatic heterocycles. The van der Waals surface area contributed by atoms with Crippen molar-refractivity contribution in [3.63, 3.8) is 0 Å². The fraction of sp³-hybridized carbons (Fsp3) is 0. The Labute approximate surface area is 125 Å². The molecule has 1 nitrogen and oxygen atoms in total. The van der Waals surface area contributed by atoms with E-state index in [-0.39, 0.29) is 0 Å². The molecule has 2 aliphatic rings. The van der Waals surface area contributed by atoms with Gasteiger partial charge in [0.25, 0.3) is 0 Å². The van der Waals surface area contributed by atoms with E-state index < -0.39 is 0 Å². The molecule has 0 saturated carbocycles. The van der Waals surface area contributed by atoms with Crippen molar-refractivity contribution in [1.29, 1.82) is 0 Å². The van der Waals surface area contributed by atoms with Gasteiger partial charge in [-0.25, -0.2) is 4.99 Å². The van der Waals surface area contributed by atoms with Gasteiger partial charge in [-0.15, -0.1) is 0 Å². The van der Waals surface area contributed by atoms with E-state index in [0.717, 1.165) is 16.2 Å². The number of hydrogen-bond donors (Lipinski definition) is 0. The van der Waals surface area contributed by atoms with Gasteiger partial charge in [-0.2, -0.15) is 0 Å². The van der Waals surface area contributed by atoms with E-state index in [2.05, 4.69) is 64.8 Å². The topological polar surface area (TPSA) is 12.4 Å². The van der Waals surface area contributed by atoms with Crippen LogP contribution in [-0.2, 0) is 0 Å². The van der Waals surface area contributed by atoms with Gasteiger partial charge in [0, 0.05) is 16.3 Å². The van der Waals surface area contributed by atoms with Crippen LogP contribution in [-0.4, -0.2) is 10.2 Å². The van der Waals surface area contributed by atoms with Crippen LogP contribution in [0.5, 0.6) is 0 Å². The van der Waals surface area contributed by atoms with Gasteiger partial charge >= 0.3 is 0 Å². The van der Waals surface area contributed by atoms with Gasteiger partial charge in [0.05, 0.1) is 21.3 Å². The molecule has 95 valence electrons. The van der Waals surface area contributed by atoms with E-state index in [1.807, 2.05) is 6.07 Å². The number of hydrogen-bond acceptors (Lipinski definition) is 1. The van der Waals surface area contributed by atoms with Crippen molar-refractivity contribution in [2.24, 2.45) is 4.99 Å². The molecule has 0 atom stereocenters. The van der Waals surface area contributed by atoms with Crippen molar-refractivity contribution >= 4 is 27.2 Å². The molecule has 0 unspecified atom stereocenters. The van der Waals surface area contributed by atoms with Crippen molar-refractivity contribution < 1.29 is 0 Å². The molecular formula is C19H10NSi. The number of fused-ring (bicyclic) bond motifs is 7. The molecular weight excluding hydrogens is 270 g/mol. The molecule has 2 heteroatoms. The van der Waals surface area contributed by atoms with Crippen LogP contribution in [0.25, 0.3) is 28.3 Å². The maximum atomic E-state index is 4.85. The second kappa shape index (κ2) is 3.80. The highest BCUT2D eigenvalue weighted by atomic mass is 28.1. The van der Waals surface area contributed by atoms with Crippen molar-refractivity contribution in [3.8, 4) is 22.3 Å². The summed E-state index contributed by atoms with van der Waals surface area (Å²) in [6.07, 6.45) is 2.25. The van der Waals surface area contributed by atoms with Crippen LogP contribution < -0.4 is 15.8 Å². The third-order valence-electron chi connectivity index (χ3n) is 4.33. The third kappa shape index (κ3) is 1.37. The Morgan fingerprint density at radius 2 is 1.52 bits per heavy atom. The Balaban J connectivity index is 1.93. The summed E-state index contributed by atoms with van der Waals surface area (Å²) in [6, 6.07) is 19.1. The van der Waals surface area contributed by atoms with Crippen LogP contribution in [0.1, 0.15) is 5.56 Å². The zero-order valence-electron chi connectivity index (χ0n) is 11.2. The first-order valence-electron chi connectivity index (χ1n) is 7.01. The summed E-state index contributed by atoms with van der Waals surface area (Å²) >= 11 is 0. The summed E-state index contributed by atoms with van der Waals surface area (Å²) in [7, 11) is 3.71. The van der Waals surface area contributed by atoms with Gasteiger partial charge in [0.1, 0.15) is 0 Å². The number of benzene rings is 3. The maximum absolute atomic E-state index is 4.85. The third-order valence-corrected chi connectivity index (χ3v) is 4.76. The molecule has 21 heavy (non-hydrogen) atoms. The van der Waals surface area contributed by atoms with Crippen molar-refractivity contribution in [1.82, 2.24) is 0 Å². The summed E-state index contributed by atoms with van der Waals surface area (Å²) in [5.41, 5.74) is 7.36. The van der Waals surface area contributed by atoms with E-state index in [0.29, 0.717) is 0 Å². The Hall–Kier alpha value is -2.45. The Morgan fingerprint density at radius 3 is 2.48 bits per heavy atom. The average Bonchev–Trinajstić information content (AvgIpc) is 3.06. The molecule has 5 rings (SSSR count). The second-order valence-corrected chi connectivity index (χ2v) is 6.00. The lowest BCUT2D eigenvalue weighted by atomic mass is 10.0. The SMILES string of the molecule is [Si]c1cccc2c1C=c1c-2ccc2c1=Nc1ccccc1-2. The van der Waals surface area contributed by atoms with Crippen LogP contribution in [0.15, 0.2) is 59.6 Å². The van der Waals surface area contributed by atoms with Crippen molar-refractivity contribution in [2.75, 3.05) is 0 Å². The van der Waals surface area contributed by atoms with E-state index in [9.17, 15) is 0 Å². The molecule has 3 aromatic rings. The lowest BCUT2D eigenvalue weighted by Gasteiger charge is -2.04. The number of rotatable bonds is 0. The van der Waals surface area contributed by atoms with Crippen molar-refractivity contribution in [3.05, 3.63) is 70.7 Å². The quantitative estimate of drug-likeness (QED) is 0.386. The molecule has 0 spiro atoms. The highest BCUT2D eigenvalue weighted by molar-refractivity contribution is 6.35. The maximum Gasteiger partial charge on any atom is 0.0795 e. The summed E-state index contributed by atoms with van der Waals surface area (Å²) in [4.78, 5) is 4.85. The zero-order chi connectivity index (χ0) is 14.0. The molecule has 3 aromatic carbocycles. The molecule has 0 N–H and O–H groups in total. The first kappa shape index (κ1) is 11.2. The Kier molecular flexibility index (Phi) is 2.03. The summed E-state index contributed by atoms with van der Waals surface area (Å²) in [6.45, 7) is 0. The molecule has 0 bridgehead atoms. The van der Waals surface area contributed by atoms with Crippen LogP contribution in [0, 0.1) is 0 Å². The normalized spacial score (nSPS) is 12.8. The summed E-state index contributed by atoms with van der Waals surface area (Å²) in [5.74, 6) is 0. The molecule has 1 aliphatic carbocycles. The van der Waals surface area contributed by atoms with Gasteiger partial charge in [-0.05, 0) is 28.8 Å². The van der Waals surface area contributed by atoms with Gasteiger partial charge in [-0.3, -0.25) is 0 Å². The molecule has 0 fully saturated rings. The van der Waals surface area contributed by atoms with E-state index in [4.69, 9.17) is 4.99 Å². The predicted octanol–water partition coefficient (Wildman–Crippen LogP) is 2.22. The zero-order valence-corrected chi connectivity index (χ0v) is 12.2. The lowest BCUT2D eigenvalue weighted by molar-refractivity contribution is 1.38. The van der Waals surface area contributed by atoms with Gasteiger partial charge < -0.3 is 0 Å². The molecule has 0 amide bonds. The van der Waals surface area contributed by atoms with Crippen LogP contribution in [0.4, 0.5) is 5.69 Å². The van der Waals surface area contributed by atoms with Gasteiger partial charge in [0.15, 0.2) is 0 Å². The number of para-hydroxylation sites is 1. The molecule has 0 aromatic heterocycles. The van der Waals surface area contributed by atoms with Crippen molar-refractivity contribution in [2.45, 2.75) is 0 Å². The van der Waals surface area contributed by atoms with Crippen LogP contribution in [0.3, 0.4) is 0 Å². The van der Waals surface area contributed by atoms with E-state index >= 15 is 0 Å². The Bertz CT molecular complexity index is 1050. The monoisotopic (exact) mass is 280 g/mol. The largest absolute Gasteiger partial charge is 0.247 e. The molecule has 1 heterocycles. The smallest absolute Gasteiger partial charge is 0.0795 e. The van der Waals surface area contributed by atoms with Crippen LogP contribution >= 0.6 is 0 Å². The van der Waals surface area contributed by atoms with Gasteiger partial charge in [-0.1, -0.05) is 53.7 Å². The summed E-state index contributed by atoms with van der Waals surface area (Å²) < 4.78 is 0. The fourth-order valence-corrected chi connectivity index (χ4v) is 3.65. The minimum absolute atomic E-state index is 1.07. The Morgan fingerprint density at radius 1 is 0.714 bits per heavy atom. The van der Waals surface area contributed by atoms with Gasteiger partial charge in [0.2, 0.25) is 0 Å². The molecule has 3 radical (unpaired) electrons. The minimum atomic E-state index is 1.07. The van der Waals surface area contributed by atoms with Crippen LogP contribution in [0.2, 0.25) is 0 Å². The fourth-order valence-electron chi connectivity index (χ4n) is 3.35. The standard InChI is InChI=1S/C19H10NSi/c21-18-7-3-5-11-12-8-9-14-13-4-1-2-6-17(13)20-19(14)16(12)10-15(11)18/h1-10H. The average molecular weight is 280 g/mol. The lowest BCUT2D eigenvalue weighted by Crippen LogP contribution is -2.25. The highest BCUT2D eigenvalue weighted by Crippen LogP contribution is 2.33. The second-order valence-electron chi connectivity index (χ2n) is 5.46. The summed E-state index contributed by atoms with van der Waals surface area (Å²) in [5, 5.41) is 3.48. The highest BCUT2D eigenvalue weighted by Gasteiger charge is 2.20. The van der Waals surface area contributed by atoms with E-state index in [1.165, 1.54) is 33.0 Å². The molecule has 0 saturated heterocycles. The van der Waals surface area contributed by atoms with E-state index in [1.54, 1.807) is 0 Å². The first-order chi connectivity index (χ1) is 10.3.